The predicted molar refractivity (Wildman–Crippen MR) is 91.8 cm³/mol. The molecule has 0 aromatic heterocycles. The van der Waals surface area contributed by atoms with Gasteiger partial charge in [0, 0.05) is 39.1 Å². The van der Waals surface area contributed by atoms with Crippen LogP contribution >= 0.6 is 0 Å². The lowest BCUT2D eigenvalue weighted by Gasteiger charge is -2.35. The summed E-state index contributed by atoms with van der Waals surface area (Å²) in [7, 11) is 0. The van der Waals surface area contributed by atoms with E-state index < -0.39 is 0 Å². The van der Waals surface area contributed by atoms with E-state index in [9.17, 15) is 9.18 Å². The normalized spacial score (nSPS) is 30.0. The number of hydrogen-bond donors (Lipinski definition) is 0. The van der Waals surface area contributed by atoms with Gasteiger partial charge in [-0.3, -0.25) is 9.69 Å². The molecular formula is C20H27FN2O. The number of nitrogens with zero attached hydrogens (tertiary/aromatic N) is 2. The lowest BCUT2D eigenvalue weighted by molar-refractivity contribution is -0.134. The highest BCUT2D eigenvalue weighted by Crippen LogP contribution is 2.49. The van der Waals surface area contributed by atoms with Crippen molar-refractivity contribution < 1.29 is 9.18 Å². The van der Waals surface area contributed by atoms with E-state index in [4.69, 9.17) is 0 Å². The summed E-state index contributed by atoms with van der Waals surface area (Å²) in [5.74, 6) is 2.59. The maximum atomic E-state index is 13.0. The topological polar surface area (TPSA) is 23.6 Å². The second-order valence-corrected chi connectivity index (χ2v) is 7.92. The molecule has 3 unspecified atom stereocenters. The molecule has 1 aromatic rings. The number of carbonyl (C=O) groups excluding carboxylic acids is 1. The van der Waals surface area contributed by atoms with Crippen molar-refractivity contribution >= 4 is 5.91 Å². The summed E-state index contributed by atoms with van der Waals surface area (Å²) in [5, 5.41) is 0. The van der Waals surface area contributed by atoms with Crippen LogP contribution in [0.2, 0.25) is 0 Å². The van der Waals surface area contributed by atoms with Crippen LogP contribution in [-0.2, 0) is 11.3 Å². The van der Waals surface area contributed by atoms with E-state index in [2.05, 4.69) is 9.80 Å². The van der Waals surface area contributed by atoms with E-state index in [0.717, 1.165) is 56.5 Å². The van der Waals surface area contributed by atoms with Gasteiger partial charge < -0.3 is 4.90 Å². The summed E-state index contributed by atoms with van der Waals surface area (Å²) in [4.78, 5) is 17.0. The number of halogens is 1. The fraction of sp³-hybridized carbons (Fsp3) is 0.650. The molecule has 0 radical (unpaired) electrons. The van der Waals surface area contributed by atoms with Gasteiger partial charge in [-0.1, -0.05) is 18.6 Å². The van der Waals surface area contributed by atoms with Gasteiger partial charge in [-0.15, -0.1) is 0 Å². The molecular weight excluding hydrogens is 303 g/mol. The molecule has 1 saturated heterocycles. The minimum absolute atomic E-state index is 0.185. The first-order valence-corrected chi connectivity index (χ1v) is 9.42. The van der Waals surface area contributed by atoms with E-state index in [-0.39, 0.29) is 5.82 Å². The maximum Gasteiger partial charge on any atom is 0.222 e. The standard InChI is InChI=1S/C20H27FN2O/c21-19-5-2-15(3-6-19)14-22-7-9-23(10-8-22)20(24)13-18-12-16-1-4-17(18)11-16/h2-3,5-6,16-18H,1,4,7-14H2. The summed E-state index contributed by atoms with van der Waals surface area (Å²) >= 11 is 0. The van der Waals surface area contributed by atoms with Crippen LogP contribution in [0.4, 0.5) is 4.39 Å². The largest absolute Gasteiger partial charge is 0.340 e. The van der Waals surface area contributed by atoms with Crippen LogP contribution in [0.1, 0.15) is 37.7 Å². The van der Waals surface area contributed by atoms with Crippen molar-refractivity contribution in [1.29, 1.82) is 0 Å². The van der Waals surface area contributed by atoms with Crippen molar-refractivity contribution in [2.45, 2.75) is 38.6 Å². The van der Waals surface area contributed by atoms with Gasteiger partial charge in [-0.25, -0.2) is 4.39 Å². The molecule has 2 bridgehead atoms. The van der Waals surface area contributed by atoms with E-state index in [1.165, 1.54) is 37.8 Å². The Morgan fingerprint density at radius 2 is 1.79 bits per heavy atom. The molecule has 24 heavy (non-hydrogen) atoms. The van der Waals surface area contributed by atoms with Gasteiger partial charge in [-0.2, -0.15) is 0 Å². The average Bonchev–Trinajstić information content (AvgIpc) is 3.20. The SMILES string of the molecule is O=C(CC1CC2CCC1C2)N1CCN(Cc2ccc(F)cc2)CC1. The highest BCUT2D eigenvalue weighted by molar-refractivity contribution is 5.76. The molecule has 1 aliphatic heterocycles. The van der Waals surface area contributed by atoms with E-state index in [1.807, 2.05) is 12.1 Å². The zero-order valence-corrected chi connectivity index (χ0v) is 14.3. The Kier molecular flexibility index (Phi) is 4.57. The first kappa shape index (κ1) is 16.1. The van der Waals surface area contributed by atoms with Crippen LogP contribution in [0.25, 0.3) is 0 Å². The quantitative estimate of drug-likeness (QED) is 0.846. The Labute approximate surface area is 143 Å². The number of hydrogen-bond acceptors (Lipinski definition) is 2. The third kappa shape index (κ3) is 3.49. The Morgan fingerprint density at radius 3 is 2.42 bits per heavy atom. The summed E-state index contributed by atoms with van der Waals surface area (Å²) in [6.45, 7) is 4.34. The molecule has 1 aromatic carbocycles. The molecule has 3 fully saturated rings. The lowest BCUT2D eigenvalue weighted by atomic mass is 9.86. The van der Waals surface area contributed by atoms with Gasteiger partial charge in [0.2, 0.25) is 5.91 Å². The van der Waals surface area contributed by atoms with Crippen LogP contribution in [0.15, 0.2) is 24.3 Å². The minimum Gasteiger partial charge on any atom is -0.340 e. The summed E-state index contributed by atoms with van der Waals surface area (Å²) < 4.78 is 13.0. The molecule has 1 amide bonds. The van der Waals surface area contributed by atoms with Gasteiger partial charge in [0.25, 0.3) is 0 Å². The van der Waals surface area contributed by atoms with E-state index >= 15 is 0 Å². The van der Waals surface area contributed by atoms with Crippen LogP contribution in [-0.4, -0.2) is 41.9 Å². The molecule has 3 atom stereocenters. The third-order valence-corrected chi connectivity index (χ3v) is 6.37. The number of piperazine rings is 1. The summed E-state index contributed by atoms with van der Waals surface area (Å²) in [6, 6.07) is 6.73. The summed E-state index contributed by atoms with van der Waals surface area (Å²) in [5.41, 5.74) is 1.14. The number of rotatable bonds is 4. The monoisotopic (exact) mass is 330 g/mol. The highest BCUT2D eigenvalue weighted by Gasteiger charge is 2.40. The molecule has 3 aliphatic rings. The smallest absolute Gasteiger partial charge is 0.222 e. The Balaban J connectivity index is 1.23. The van der Waals surface area contributed by atoms with E-state index in [0.29, 0.717) is 11.8 Å². The van der Waals surface area contributed by atoms with Gasteiger partial charge in [-0.05, 0) is 54.7 Å². The predicted octanol–water partition coefficient (Wildman–Crippen LogP) is 3.30. The molecule has 1 heterocycles. The maximum absolute atomic E-state index is 13.0. The second-order valence-electron chi connectivity index (χ2n) is 7.92. The molecule has 0 spiro atoms. The molecule has 4 heteroatoms. The molecule has 130 valence electrons. The van der Waals surface area contributed by atoms with Crippen LogP contribution in [0.3, 0.4) is 0 Å². The fourth-order valence-corrected chi connectivity index (χ4v) is 4.98. The van der Waals surface area contributed by atoms with Crippen molar-refractivity contribution in [3.05, 3.63) is 35.6 Å². The molecule has 0 N–H and O–H groups in total. The number of carbonyl (C=O) groups is 1. The van der Waals surface area contributed by atoms with Gasteiger partial charge >= 0.3 is 0 Å². The van der Waals surface area contributed by atoms with Crippen molar-refractivity contribution in [3.8, 4) is 0 Å². The van der Waals surface area contributed by atoms with Crippen LogP contribution in [0.5, 0.6) is 0 Å². The van der Waals surface area contributed by atoms with Crippen LogP contribution in [0, 0.1) is 23.6 Å². The van der Waals surface area contributed by atoms with Crippen LogP contribution < -0.4 is 0 Å². The molecule has 2 saturated carbocycles. The number of amides is 1. The number of fused-ring (bicyclic) bond motifs is 2. The van der Waals surface area contributed by atoms with Crippen molar-refractivity contribution in [1.82, 2.24) is 9.80 Å². The zero-order chi connectivity index (χ0) is 16.5. The first-order valence-electron chi connectivity index (χ1n) is 9.42. The van der Waals surface area contributed by atoms with Gasteiger partial charge in [0.15, 0.2) is 0 Å². The van der Waals surface area contributed by atoms with E-state index in [1.54, 1.807) is 0 Å². The Bertz CT molecular complexity index is 580. The Hall–Kier alpha value is -1.42. The number of benzene rings is 1. The average molecular weight is 330 g/mol. The first-order chi connectivity index (χ1) is 11.7. The summed E-state index contributed by atoms with van der Waals surface area (Å²) in [6.07, 6.45) is 6.20. The van der Waals surface area contributed by atoms with Gasteiger partial charge in [0.05, 0.1) is 0 Å². The highest BCUT2D eigenvalue weighted by atomic mass is 19.1. The molecule has 3 nitrogen and oxygen atoms in total. The lowest BCUT2D eigenvalue weighted by Crippen LogP contribution is -2.48. The Morgan fingerprint density at radius 1 is 1.04 bits per heavy atom. The zero-order valence-electron chi connectivity index (χ0n) is 14.3. The van der Waals surface area contributed by atoms with Crippen molar-refractivity contribution in [3.63, 3.8) is 0 Å². The minimum atomic E-state index is -0.185. The molecule has 2 aliphatic carbocycles. The second kappa shape index (κ2) is 6.83. The fourth-order valence-electron chi connectivity index (χ4n) is 4.98. The molecule has 4 rings (SSSR count). The van der Waals surface area contributed by atoms with Crippen molar-refractivity contribution in [2.24, 2.45) is 17.8 Å². The van der Waals surface area contributed by atoms with Gasteiger partial charge in [0.1, 0.15) is 5.82 Å². The third-order valence-electron chi connectivity index (χ3n) is 6.37. The van der Waals surface area contributed by atoms with Crippen molar-refractivity contribution in [2.75, 3.05) is 26.2 Å².